The van der Waals surface area contributed by atoms with E-state index in [-0.39, 0.29) is 17.4 Å². The summed E-state index contributed by atoms with van der Waals surface area (Å²) in [4.78, 5) is 31.1. The lowest BCUT2D eigenvalue weighted by atomic mass is 10.1. The highest BCUT2D eigenvalue weighted by Crippen LogP contribution is 2.35. The maximum atomic E-state index is 12.6. The molecular formula is C30H25F3N6O3S. The minimum absolute atomic E-state index is 0.0862. The van der Waals surface area contributed by atoms with Gasteiger partial charge in [0.1, 0.15) is 12.1 Å². The Morgan fingerprint density at radius 1 is 1.14 bits per heavy atom. The monoisotopic (exact) mass is 606 g/mol. The Morgan fingerprint density at radius 2 is 1.91 bits per heavy atom. The number of aryl methyl sites for hydroxylation is 2. The van der Waals surface area contributed by atoms with Crippen LogP contribution in [0, 0.1) is 6.92 Å². The molecule has 0 atom stereocenters. The third-order valence-corrected chi connectivity index (χ3v) is 7.40. The number of anilines is 1. The van der Waals surface area contributed by atoms with E-state index in [1.807, 2.05) is 44.2 Å². The molecule has 1 fully saturated rings. The molecule has 0 unspecified atom stereocenters. The van der Waals surface area contributed by atoms with Gasteiger partial charge in [0.15, 0.2) is 5.82 Å². The maximum Gasteiger partial charge on any atom is 0.573 e. The summed E-state index contributed by atoms with van der Waals surface area (Å²) < 4.78 is 42.6. The first-order valence-corrected chi connectivity index (χ1v) is 14.1. The lowest BCUT2D eigenvalue weighted by Gasteiger charge is -2.20. The van der Waals surface area contributed by atoms with Gasteiger partial charge in [-0.25, -0.2) is 15.1 Å². The van der Waals surface area contributed by atoms with Gasteiger partial charge in [-0.15, -0.1) is 18.3 Å². The molecule has 1 aliphatic rings. The quantitative estimate of drug-likeness (QED) is 0.155. The molecule has 3 aromatic carbocycles. The van der Waals surface area contributed by atoms with Crippen LogP contribution in [0.4, 0.5) is 18.9 Å². The summed E-state index contributed by atoms with van der Waals surface area (Å²) in [7, 11) is 0. The number of aromatic nitrogens is 3. The van der Waals surface area contributed by atoms with Crippen molar-refractivity contribution < 1.29 is 27.5 Å². The number of hydrogen-bond acceptors (Lipinski definition) is 7. The van der Waals surface area contributed by atoms with Crippen molar-refractivity contribution >= 4 is 35.5 Å². The van der Waals surface area contributed by atoms with E-state index >= 15 is 0 Å². The van der Waals surface area contributed by atoms with Gasteiger partial charge < -0.3 is 4.74 Å². The number of thioether (sulfide) groups is 1. The lowest BCUT2D eigenvalue weighted by Crippen LogP contribution is -2.26. The molecule has 0 spiro atoms. The minimum Gasteiger partial charge on any atom is -0.406 e. The number of para-hydroxylation sites is 1. The van der Waals surface area contributed by atoms with Crippen LogP contribution in [-0.4, -0.2) is 44.9 Å². The van der Waals surface area contributed by atoms with Gasteiger partial charge in [-0.1, -0.05) is 49.0 Å². The number of amides is 2. The van der Waals surface area contributed by atoms with E-state index in [9.17, 15) is 22.8 Å². The zero-order valence-electron chi connectivity index (χ0n) is 23.0. The van der Waals surface area contributed by atoms with E-state index < -0.39 is 12.3 Å². The average molecular weight is 607 g/mol. The van der Waals surface area contributed by atoms with Crippen LogP contribution in [0.3, 0.4) is 0 Å². The summed E-state index contributed by atoms with van der Waals surface area (Å²) in [6.07, 6.45) is 0.335. The molecule has 9 nitrogen and oxygen atoms in total. The molecular weight excluding hydrogens is 581 g/mol. The molecule has 1 saturated heterocycles. The Hall–Kier alpha value is -4.91. The molecule has 0 saturated carbocycles. The Labute approximate surface area is 249 Å². The number of hydrogen-bond donors (Lipinski definition) is 1. The fourth-order valence-electron chi connectivity index (χ4n) is 4.36. The molecule has 220 valence electrons. The van der Waals surface area contributed by atoms with E-state index in [0.717, 1.165) is 34.4 Å². The normalized spacial score (nSPS) is 14.6. The second kappa shape index (κ2) is 12.5. The highest BCUT2D eigenvalue weighted by molar-refractivity contribution is 8.04. The number of nitrogens with one attached hydrogen (secondary N) is 1. The Balaban J connectivity index is 1.23. The summed E-state index contributed by atoms with van der Waals surface area (Å²) in [5.41, 5.74) is 7.09. The Bertz CT molecular complexity index is 1720. The summed E-state index contributed by atoms with van der Waals surface area (Å²) in [5.74, 6) is -0.210. The smallest absolute Gasteiger partial charge is 0.406 e. The molecule has 0 radical (unpaired) electrons. The highest BCUT2D eigenvalue weighted by atomic mass is 32.2. The van der Waals surface area contributed by atoms with Crippen molar-refractivity contribution in [2.75, 3.05) is 10.7 Å². The molecule has 0 bridgehead atoms. The van der Waals surface area contributed by atoms with Crippen LogP contribution in [0.1, 0.15) is 23.6 Å². The van der Waals surface area contributed by atoms with Crippen LogP contribution in [-0.2, 0) is 16.0 Å². The van der Waals surface area contributed by atoms with E-state index in [4.69, 9.17) is 0 Å². The third-order valence-electron chi connectivity index (χ3n) is 6.41. The number of benzene rings is 3. The molecule has 1 N–H and O–H groups in total. The minimum atomic E-state index is -4.76. The lowest BCUT2D eigenvalue weighted by molar-refractivity contribution is -0.274. The Morgan fingerprint density at radius 3 is 2.63 bits per heavy atom. The summed E-state index contributed by atoms with van der Waals surface area (Å²) in [6.45, 7) is 3.88. The average Bonchev–Trinajstić information content (AvgIpc) is 3.60. The molecule has 43 heavy (non-hydrogen) atoms. The van der Waals surface area contributed by atoms with E-state index in [2.05, 4.69) is 25.3 Å². The van der Waals surface area contributed by atoms with Crippen LogP contribution in [0.5, 0.6) is 5.75 Å². The van der Waals surface area contributed by atoms with Crippen molar-refractivity contribution in [2.24, 2.45) is 5.10 Å². The van der Waals surface area contributed by atoms with Gasteiger partial charge in [0, 0.05) is 11.6 Å². The van der Waals surface area contributed by atoms with Crippen molar-refractivity contribution in [3.05, 3.63) is 101 Å². The first-order chi connectivity index (χ1) is 20.6. The van der Waals surface area contributed by atoms with Gasteiger partial charge in [0.2, 0.25) is 5.91 Å². The van der Waals surface area contributed by atoms with Crippen LogP contribution in [0.15, 0.2) is 89.3 Å². The molecule has 5 rings (SSSR count). The van der Waals surface area contributed by atoms with E-state index in [0.29, 0.717) is 16.5 Å². The maximum absolute atomic E-state index is 12.6. The third kappa shape index (κ3) is 7.12. The van der Waals surface area contributed by atoms with Crippen LogP contribution in [0.2, 0.25) is 0 Å². The van der Waals surface area contributed by atoms with E-state index in [1.165, 1.54) is 59.3 Å². The number of ether oxygens (including phenoxy) is 1. The molecule has 2 amide bonds. The summed E-state index contributed by atoms with van der Waals surface area (Å²) >= 11 is 1.30. The van der Waals surface area contributed by atoms with Crippen molar-refractivity contribution in [3.8, 4) is 22.8 Å². The number of carbonyl (C=O) groups excluding carboxylic acids is 2. The van der Waals surface area contributed by atoms with Gasteiger partial charge in [-0.05, 0) is 66.4 Å². The number of hydrazone groups is 1. The first-order valence-electron chi connectivity index (χ1n) is 13.1. The van der Waals surface area contributed by atoms with Crippen LogP contribution >= 0.6 is 11.8 Å². The zero-order valence-corrected chi connectivity index (χ0v) is 23.8. The van der Waals surface area contributed by atoms with Crippen LogP contribution in [0.25, 0.3) is 17.1 Å². The van der Waals surface area contributed by atoms with Crippen molar-refractivity contribution in [1.29, 1.82) is 0 Å². The molecule has 4 aromatic rings. The second-order valence-electron chi connectivity index (χ2n) is 9.34. The highest BCUT2D eigenvalue weighted by Gasteiger charge is 2.31. The van der Waals surface area contributed by atoms with Crippen LogP contribution < -0.4 is 15.1 Å². The number of rotatable bonds is 8. The fraction of sp³-hybridized carbons (Fsp3) is 0.167. The van der Waals surface area contributed by atoms with Crippen molar-refractivity contribution in [2.45, 2.75) is 26.6 Å². The largest absolute Gasteiger partial charge is 0.573 e. The van der Waals surface area contributed by atoms with Crippen molar-refractivity contribution in [3.63, 3.8) is 0 Å². The standard InChI is InChI=1S/C30H25F3N6O3S/c1-3-20-6-4-5-7-25(20)39-27(41)17-43-28(39)15-26(40)36-35-16-22-9-8-21(14-19(22)2)29-34-18-38(37-29)23-10-12-24(13-11-23)42-30(31,32)33/h4-16,18H,3,17H2,1-2H3,(H,36,40)/b28-15-,35-16+. The predicted molar refractivity (Wildman–Crippen MR) is 158 cm³/mol. The number of nitrogens with zero attached hydrogens (tertiary/aromatic N) is 5. The number of carbonyl (C=O) groups is 2. The molecule has 0 aliphatic carbocycles. The second-order valence-corrected chi connectivity index (χ2v) is 10.3. The molecule has 1 aliphatic heterocycles. The van der Waals surface area contributed by atoms with Gasteiger partial charge >= 0.3 is 6.36 Å². The number of alkyl halides is 3. The van der Waals surface area contributed by atoms with Crippen molar-refractivity contribution in [1.82, 2.24) is 20.2 Å². The first kappa shape index (κ1) is 29.6. The Kier molecular flexibility index (Phi) is 8.62. The summed E-state index contributed by atoms with van der Waals surface area (Å²) in [5, 5.41) is 9.03. The van der Waals surface area contributed by atoms with Gasteiger partial charge in [0.05, 0.1) is 28.4 Å². The van der Waals surface area contributed by atoms with Gasteiger partial charge in [-0.2, -0.15) is 5.10 Å². The topological polar surface area (TPSA) is 102 Å². The molecule has 2 heterocycles. The fourth-order valence-corrected chi connectivity index (χ4v) is 5.28. The number of halogens is 3. The molecule has 13 heteroatoms. The predicted octanol–water partition coefficient (Wildman–Crippen LogP) is 5.78. The molecule has 1 aromatic heterocycles. The zero-order chi connectivity index (χ0) is 30.6. The summed E-state index contributed by atoms with van der Waals surface area (Å²) in [6, 6.07) is 18.3. The van der Waals surface area contributed by atoms with Gasteiger partial charge in [-0.3, -0.25) is 14.5 Å². The van der Waals surface area contributed by atoms with Gasteiger partial charge in [0.25, 0.3) is 5.91 Å². The SMILES string of the molecule is CCc1ccccc1N1C(=O)CS/C1=C\C(=O)N/N=C/c1ccc(-c2ncn(-c3ccc(OC(F)(F)F)cc3)n2)cc1C. The van der Waals surface area contributed by atoms with E-state index in [1.54, 1.807) is 17.0 Å².